The van der Waals surface area contributed by atoms with E-state index in [0.717, 1.165) is 34.1 Å². The number of carbonyl (C=O) groups is 3. The predicted octanol–water partition coefficient (Wildman–Crippen LogP) is 5.44. The molecule has 6 rings (SSSR count). The number of benzene rings is 3. The van der Waals surface area contributed by atoms with Crippen LogP contribution in [0.1, 0.15) is 53.5 Å². The summed E-state index contributed by atoms with van der Waals surface area (Å²) in [5.41, 5.74) is 4.35. The molecule has 0 bridgehead atoms. The molecule has 1 saturated heterocycles. The van der Waals surface area contributed by atoms with Gasteiger partial charge < -0.3 is 15.0 Å². The van der Waals surface area contributed by atoms with E-state index in [1.165, 1.54) is 4.90 Å². The van der Waals surface area contributed by atoms with Crippen molar-refractivity contribution in [1.82, 2.24) is 15.2 Å². The molecule has 4 aromatic rings. The molecule has 8 heteroatoms. The summed E-state index contributed by atoms with van der Waals surface area (Å²) < 4.78 is 5.36. The first-order valence-electron chi connectivity index (χ1n) is 13.7. The van der Waals surface area contributed by atoms with Crippen LogP contribution in [-0.4, -0.2) is 47.4 Å². The topological polar surface area (TPSA) is 94.7 Å². The molecule has 2 N–H and O–H groups in total. The largest absolute Gasteiger partial charge is 0.497 e. The lowest BCUT2D eigenvalue weighted by Crippen LogP contribution is -2.44. The summed E-state index contributed by atoms with van der Waals surface area (Å²) in [5.74, 6) is 0.513. The molecule has 3 heterocycles. The molecule has 40 heavy (non-hydrogen) atoms. The minimum atomic E-state index is -0.705. The number of para-hydroxylation sites is 2. The molecule has 1 aromatic heterocycles. The van der Waals surface area contributed by atoms with Crippen LogP contribution in [0.4, 0.5) is 10.5 Å². The Kier molecular flexibility index (Phi) is 6.54. The summed E-state index contributed by atoms with van der Waals surface area (Å²) in [6.07, 6.45) is 1.22. The van der Waals surface area contributed by atoms with Crippen molar-refractivity contribution in [3.8, 4) is 5.75 Å². The summed E-state index contributed by atoms with van der Waals surface area (Å²) in [7, 11) is 1.61. The fourth-order valence-electron chi connectivity index (χ4n) is 5.86. The lowest BCUT2D eigenvalue weighted by atomic mass is 9.89. The number of anilines is 1. The van der Waals surface area contributed by atoms with Crippen LogP contribution in [0.25, 0.3) is 10.9 Å². The summed E-state index contributed by atoms with van der Waals surface area (Å²) in [6, 6.07) is 20.7. The van der Waals surface area contributed by atoms with Gasteiger partial charge in [0.25, 0.3) is 11.8 Å². The SMILES string of the molecule is COc1ccc([C@@H]2c3[nH]c4ccccc4c3C[C@H]3C(=O)N(c4ccccc4C(=O)NCCC(C)C)C(=O)N23)cc1. The number of hydrogen-bond acceptors (Lipinski definition) is 4. The van der Waals surface area contributed by atoms with Gasteiger partial charge in [0.2, 0.25) is 0 Å². The molecule has 1 fully saturated rings. The number of aromatic amines is 1. The Balaban J connectivity index is 1.43. The minimum absolute atomic E-state index is 0.301. The van der Waals surface area contributed by atoms with Gasteiger partial charge in [0.15, 0.2) is 0 Å². The molecule has 0 spiro atoms. The average molecular weight is 537 g/mol. The van der Waals surface area contributed by atoms with Gasteiger partial charge in [-0.3, -0.25) is 14.5 Å². The standard InChI is InChI=1S/C32H32N4O4/c1-19(2)16-17-33-30(37)23-9-5-7-11-26(23)36-31(38)27-18-24-22-8-4-6-10-25(22)34-28(24)29(35(27)32(36)39)20-12-14-21(40-3)15-13-20/h4-15,19,27,29,34H,16-18H2,1-3H3,(H,33,37)/t27-,29+/m0/s1. The Bertz CT molecular complexity index is 1610. The normalized spacial score (nSPS) is 18.3. The molecule has 0 aliphatic carbocycles. The number of rotatable bonds is 7. The first-order chi connectivity index (χ1) is 19.4. The fourth-order valence-corrected chi connectivity index (χ4v) is 5.86. The first kappa shape index (κ1) is 25.7. The molecule has 0 saturated carbocycles. The number of imide groups is 1. The third kappa shape index (κ3) is 4.20. The van der Waals surface area contributed by atoms with Gasteiger partial charge in [0.05, 0.1) is 18.4 Å². The van der Waals surface area contributed by atoms with Crippen molar-refractivity contribution in [3.05, 3.63) is 95.2 Å². The van der Waals surface area contributed by atoms with E-state index >= 15 is 0 Å². The highest BCUT2D eigenvalue weighted by molar-refractivity contribution is 6.24. The van der Waals surface area contributed by atoms with E-state index in [1.54, 1.807) is 36.3 Å². The number of hydrogen-bond donors (Lipinski definition) is 2. The minimum Gasteiger partial charge on any atom is -0.497 e. The highest BCUT2D eigenvalue weighted by atomic mass is 16.5. The number of ether oxygens (including phenoxy) is 1. The number of nitrogens with zero attached hydrogens (tertiary/aromatic N) is 2. The van der Waals surface area contributed by atoms with E-state index in [2.05, 4.69) is 24.1 Å². The number of fused-ring (bicyclic) bond motifs is 4. The highest BCUT2D eigenvalue weighted by Crippen LogP contribution is 2.45. The maximum Gasteiger partial charge on any atom is 0.332 e. The quantitative estimate of drug-likeness (QED) is 0.308. The molecule has 3 aromatic carbocycles. The van der Waals surface area contributed by atoms with E-state index in [9.17, 15) is 14.4 Å². The van der Waals surface area contributed by atoms with Crippen LogP contribution < -0.4 is 15.0 Å². The second kappa shape index (κ2) is 10.2. The van der Waals surface area contributed by atoms with Crippen LogP contribution in [0.3, 0.4) is 0 Å². The summed E-state index contributed by atoms with van der Waals surface area (Å²) in [5, 5.41) is 3.98. The zero-order valence-electron chi connectivity index (χ0n) is 22.8. The Morgan fingerprint density at radius 1 is 1.02 bits per heavy atom. The Morgan fingerprint density at radius 2 is 1.75 bits per heavy atom. The van der Waals surface area contributed by atoms with E-state index < -0.39 is 18.1 Å². The number of methoxy groups -OCH3 is 1. The van der Waals surface area contributed by atoms with Crippen LogP contribution in [0.5, 0.6) is 5.75 Å². The van der Waals surface area contributed by atoms with Gasteiger partial charge in [0.1, 0.15) is 17.8 Å². The van der Waals surface area contributed by atoms with Crippen molar-refractivity contribution in [2.24, 2.45) is 5.92 Å². The number of carbonyl (C=O) groups excluding carboxylic acids is 3. The summed E-state index contributed by atoms with van der Waals surface area (Å²) >= 11 is 0. The Labute approximate surface area is 232 Å². The molecule has 2 aliphatic heterocycles. The third-order valence-corrected chi connectivity index (χ3v) is 7.88. The van der Waals surface area contributed by atoms with Crippen LogP contribution in [-0.2, 0) is 11.2 Å². The van der Waals surface area contributed by atoms with Gasteiger partial charge in [-0.1, -0.05) is 56.3 Å². The second-order valence-corrected chi connectivity index (χ2v) is 10.8. The molecule has 4 amide bonds. The van der Waals surface area contributed by atoms with Crippen molar-refractivity contribution in [2.75, 3.05) is 18.6 Å². The van der Waals surface area contributed by atoms with E-state index in [0.29, 0.717) is 35.9 Å². The number of nitrogens with one attached hydrogen (secondary N) is 2. The maximum absolute atomic E-state index is 14.2. The molecule has 0 radical (unpaired) electrons. The lowest BCUT2D eigenvalue weighted by molar-refractivity contribution is -0.120. The number of urea groups is 1. The van der Waals surface area contributed by atoms with E-state index in [-0.39, 0.29) is 11.8 Å². The molecular formula is C32H32N4O4. The molecule has 8 nitrogen and oxygen atoms in total. The van der Waals surface area contributed by atoms with Gasteiger partial charge in [0, 0.05) is 29.6 Å². The van der Waals surface area contributed by atoms with Crippen LogP contribution >= 0.6 is 0 Å². The molecule has 2 aliphatic rings. The number of H-pyrrole nitrogens is 1. The van der Waals surface area contributed by atoms with Crippen LogP contribution in [0.2, 0.25) is 0 Å². The van der Waals surface area contributed by atoms with Crippen molar-refractivity contribution in [2.45, 2.75) is 38.8 Å². The van der Waals surface area contributed by atoms with Crippen LogP contribution in [0, 0.1) is 5.92 Å². The third-order valence-electron chi connectivity index (χ3n) is 7.88. The zero-order chi connectivity index (χ0) is 28.0. The van der Waals surface area contributed by atoms with Crippen molar-refractivity contribution in [1.29, 1.82) is 0 Å². The Hall–Kier alpha value is -4.59. The van der Waals surface area contributed by atoms with Crippen LogP contribution in [0.15, 0.2) is 72.8 Å². The fraction of sp³-hybridized carbons (Fsp3) is 0.281. The lowest BCUT2D eigenvalue weighted by Gasteiger charge is -2.36. The second-order valence-electron chi connectivity index (χ2n) is 10.8. The smallest absolute Gasteiger partial charge is 0.332 e. The van der Waals surface area contributed by atoms with Gasteiger partial charge >= 0.3 is 6.03 Å². The van der Waals surface area contributed by atoms with Crippen molar-refractivity contribution >= 4 is 34.4 Å². The first-order valence-corrected chi connectivity index (χ1v) is 13.7. The van der Waals surface area contributed by atoms with E-state index in [1.807, 2.05) is 48.5 Å². The summed E-state index contributed by atoms with van der Waals surface area (Å²) in [4.78, 5) is 47.9. The van der Waals surface area contributed by atoms with Crippen molar-refractivity contribution < 1.29 is 19.1 Å². The zero-order valence-corrected chi connectivity index (χ0v) is 22.8. The van der Waals surface area contributed by atoms with Gasteiger partial charge in [-0.25, -0.2) is 9.69 Å². The predicted molar refractivity (Wildman–Crippen MR) is 154 cm³/mol. The molecule has 0 unspecified atom stereocenters. The van der Waals surface area contributed by atoms with Gasteiger partial charge in [-0.2, -0.15) is 0 Å². The summed E-state index contributed by atoms with van der Waals surface area (Å²) in [6.45, 7) is 4.70. The molecule has 204 valence electrons. The van der Waals surface area contributed by atoms with Crippen molar-refractivity contribution in [3.63, 3.8) is 0 Å². The molecule has 2 atom stereocenters. The van der Waals surface area contributed by atoms with E-state index in [4.69, 9.17) is 4.74 Å². The Morgan fingerprint density at radius 3 is 2.50 bits per heavy atom. The average Bonchev–Trinajstić information content (AvgIpc) is 3.46. The maximum atomic E-state index is 14.2. The van der Waals surface area contributed by atoms with Gasteiger partial charge in [-0.05, 0) is 53.8 Å². The number of aromatic nitrogens is 1. The van der Waals surface area contributed by atoms with Gasteiger partial charge in [-0.15, -0.1) is 0 Å². The molecular weight excluding hydrogens is 504 g/mol. The number of amides is 4. The highest BCUT2D eigenvalue weighted by Gasteiger charge is 2.53. The monoisotopic (exact) mass is 536 g/mol.